The molecule has 2 nitrogen and oxygen atoms in total. The molecule has 1 fully saturated rings. The maximum atomic E-state index is 6.03. The molecule has 1 saturated heterocycles. The second-order valence-electron chi connectivity index (χ2n) is 6.47. The zero-order valence-corrected chi connectivity index (χ0v) is 13.1. The third kappa shape index (κ3) is 4.89. The molecule has 1 heterocycles. The average molecular weight is 255 g/mol. The van der Waals surface area contributed by atoms with Crippen LogP contribution in [0.4, 0.5) is 0 Å². The first-order valence-electron chi connectivity index (χ1n) is 7.91. The van der Waals surface area contributed by atoms with Crippen molar-refractivity contribution in [1.29, 1.82) is 0 Å². The van der Waals surface area contributed by atoms with Crippen LogP contribution in [0.2, 0.25) is 0 Å². The monoisotopic (exact) mass is 255 g/mol. The van der Waals surface area contributed by atoms with Crippen molar-refractivity contribution in [2.45, 2.75) is 90.8 Å². The maximum absolute atomic E-state index is 6.03. The van der Waals surface area contributed by atoms with E-state index < -0.39 is 0 Å². The highest BCUT2D eigenvalue weighted by Gasteiger charge is 2.34. The molecule has 108 valence electrons. The average Bonchev–Trinajstić information content (AvgIpc) is 2.36. The van der Waals surface area contributed by atoms with Crippen molar-refractivity contribution in [2.24, 2.45) is 5.92 Å². The summed E-state index contributed by atoms with van der Waals surface area (Å²) >= 11 is 0. The minimum Gasteiger partial charge on any atom is -0.375 e. The molecule has 0 aromatic carbocycles. The summed E-state index contributed by atoms with van der Waals surface area (Å²) in [5.74, 6) is 0.814. The molecule has 0 radical (unpaired) electrons. The van der Waals surface area contributed by atoms with E-state index in [2.05, 4.69) is 39.9 Å². The van der Waals surface area contributed by atoms with E-state index in [-0.39, 0.29) is 5.60 Å². The van der Waals surface area contributed by atoms with Gasteiger partial charge in [-0.25, -0.2) is 0 Å². The van der Waals surface area contributed by atoms with Crippen LogP contribution in [0.25, 0.3) is 0 Å². The first-order valence-corrected chi connectivity index (χ1v) is 7.91. The van der Waals surface area contributed by atoms with Crippen molar-refractivity contribution < 1.29 is 4.74 Å². The van der Waals surface area contributed by atoms with Gasteiger partial charge in [0, 0.05) is 18.7 Å². The van der Waals surface area contributed by atoms with Crippen LogP contribution in [0.15, 0.2) is 0 Å². The smallest absolute Gasteiger partial charge is 0.0692 e. The second-order valence-corrected chi connectivity index (χ2v) is 6.47. The minimum atomic E-state index is 0.147. The van der Waals surface area contributed by atoms with Crippen LogP contribution in [-0.2, 0) is 4.74 Å². The van der Waals surface area contributed by atoms with Crippen LogP contribution < -0.4 is 5.32 Å². The normalized spacial score (nSPS) is 25.3. The summed E-state index contributed by atoms with van der Waals surface area (Å²) in [5, 5.41) is 3.82. The Labute approximate surface area is 114 Å². The lowest BCUT2D eigenvalue weighted by atomic mass is 9.85. The first kappa shape index (κ1) is 16.0. The van der Waals surface area contributed by atoms with Gasteiger partial charge in [0.05, 0.1) is 5.60 Å². The van der Waals surface area contributed by atoms with Gasteiger partial charge in [0.1, 0.15) is 0 Å². The van der Waals surface area contributed by atoms with Crippen molar-refractivity contribution in [3.8, 4) is 0 Å². The standard InChI is InChI=1S/C16H33NO/c1-6-16(7-2)12-15(10-11-18-16)17-14(5)9-8-13(3)4/h13-15,17H,6-12H2,1-5H3. The van der Waals surface area contributed by atoms with E-state index in [1.165, 1.54) is 25.7 Å². The highest BCUT2D eigenvalue weighted by molar-refractivity contribution is 4.89. The summed E-state index contributed by atoms with van der Waals surface area (Å²) in [6, 6.07) is 1.29. The van der Waals surface area contributed by atoms with Crippen LogP contribution in [-0.4, -0.2) is 24.3 Å². The van der Waals surface area contributed by atoms with Crippen molar-refractivity contribution in [3.63, 3.8) is 0 Å². The third-order valence-electron chi connectivity index (χ3n) is 4.48. The molecule has 0 bridgehead atoms. The number of hydrogen-bond acceptors (Lipinski definition) is 2. The highest BCUT2D eigenvalue weighted by atomic mass is 16.5. The van der Waals surface area contributed by atoms with E-state index >= 15 is 0 Å². The van der Waals surface area contributed by atoms with Gasteiger partial charge in [-0.15, -0.1) is 0 Å². The predicted octanol–water partition coefficient (Wildman–Crippen LogP) is 4.14. The van der Waals surface area contributed by atoms with E-state index in [1.807, 2.05) is 0 Å². The Morgan fingerprint density at radius 3 is 2.39 bits per heavy atom. The molecule has 0 spiro atoms. The van der Waals surface area contributed by atoms with Crippen molar-refractivity contribution in [1.82, 2.24) is 5.32 Å². The fourth-order valence-electron chi connectivity index (χ4n) is 2.98. The van der Waals surface area contributed by atoms with Gasteiger partial charge in [0.25, 0.3) is 0 Å². The number of rotatable bonds is 7. The summed E-state index contributed by atoms with van der Waals surface area (Å²) < 4.78 is 6.03. The molecular weight excluding hydrogens is 222 g/mol. The molecule has 18 heavy (non-hydrogen) atoms. The molecule has 2 unspecified atom stereocenters. The SMILES string of the molecule is CCC1(CC)CC(NC(C)CCC(C)C)CCO1. The van der Waals surface area contributed by atoms with Gasteiger partial charge in [-0.1, -0.05) is 27.7 Å². The number of nitrogens with one attached hydrogen (secondary N) is 1. The summed E-state index contributed by atoms with van der Waals surface area (Å²) in [5.41, 5.74) is 0.147. The lowest BCUT2D eigenvalue weighted by Gasteiger charge is -2.41. The Morgan fingerprint density at radius 2 is 1.83 bits per heavy atom. The lowest BCUT2D eigenvalue weighted by Crippen LogP contribution is -2.48. The van der Waals surface area contributed by atoms with Crippen molar-refractivity contribution >= 4 is 0 Å². The van der Waals surface area contributed by atoms with Crippen LogP contribution in [0.1, 0.15) is 73.1 Å². The Morgan fingerprint density at radius 1 is 1.17 bits per heavy atom. The molecule has 2 heteroatoms. The molecule has 0 saturated carbocycles. The van der Waals surface area contributed by atoms with Crippen molar-refractivity contribution in [2.75, 3.05) is 6.61 Å². The van der Waals surface area contributed by atoms with Gasteiger partial charge in [0.15, 0.2) is 0 Å². The molecule has 1 aliphatic heterocycles. The molecule has 0 aromatic rings. The van der Waals surface area contributed by atoms with Gasteiger partial charge in [0.2, 0.25) is 0 Å². The molecule has 1 rings (SSSR count). The largest absolute Gasteiger partial charge is 0.375 e. The Bertz CT molecular complexity index is 223. The Hall–Kier alpha value is -0.0800. The molecule has 1 aliphatic rings. The molecular formula is C16H33NO. The Kier molecular flexibility index (Phi) is 6.65. The first-order chi connectivity index (χ1) is 8.51. The molecule has 2 atom stereocenters. The van der Waals surface area contributed by atoms with Gasteiger partial charge in [-0.3, -0.25) is 0 Å². The van der Waals surface area contributed by atoms with E-state index in [9.17, 15) is 0 Å². The molecule has 0 amide bonds. The number of hydrogen-bond donors (Lipinski definition) is 1. The van der Waals surface area contributed by atoms with E-state index in [1.54, 1.807) is 0 Å². The second kappa shape index (κ2) is 7.49. The summed E-state index contributed by atoms with van der Waals surface area (Å²) in [6.07, 6.45) is 7.26. The Balaban J connectivity index is 2.37. The molecule has 0 aromatic heterocycles. The third-order valence-corrected chi connectivity index (χ3v) is 4.48. The molecule has 0 aliphatic carbocycles. The fourth-order valence-corrected chi connectivity index (χ4v) is 2.98. The quantitative estimate of drug-likeness (QED) is 0.738. The van der Waals surface area contributed by atoms with Gasteiger partial charge >= 0.3 is 0 Å². The van der Waals surface area contributed by atoms with E-state index in [0.717, 1.165) is 25.4 Å². The zero-order chi connectivity index (χ0) is 13.6. The summed E-state index contributed by atoms with van der Waals surface area (Å²) in [6.45, 7) is 12.4. The van der Waals surface area contributed by atoms with Crippen LogP contribution in [0.5, 0.6) is 0 Å². The van der Waals surface area contributed by atoms with E-state index in [0.29, 0.717) is 12.1 Å². The summed E-state index contributed by atoms with van der Waals surface area (Å²) in [7, 11) is 0. The maximum Gasteiger partial charge on any atom is 0.0692 e. The predicted molar refractivity (Wildman–Crippen MR) is 79.0 cm³/mol. The van der Waals surface area contributed by atoms with Crippen LogP contribution in [0, 0.1) is 5.92 Å². The van der Waals surface area contributed by atoms with Gasteiger partial charge in [-0.05, 0) is 51.4 Å². The van der Waals surface area contributed by atoms with Crippen molar-refractivity contribution in [3.05, 3.63) is 0 Å². The zero-order valence-electron chi connectivity index (χ0n) is 13.1. The lowest BCUT2D eigenvalue weighted by molar-refractivity contribution is -0.0940. The van der Waals surface area contributed by atoms with Gasteiger partial charge < -0.3 is 10.1 Å². The number of ether oxygens (including phenoxy) is 1. The fraction of sp³-hybridized carbons (Fsp3) is 1.00. The molecule has 1 N–H and O–H groups in total. The highest BCUT2D eigenvalue weighted by Crippen LogP contribution is 2.31. The minimum absolute atomic E-state index is 0.147. The van der Waals surface area contributed by atoms with Crippen LogP contribution in [0.3, 0.4) is 0 Å². The topological polar surface area (TPSA) is 21.3 Å². The van der Waals surface area contributed by atoms with Gasteiger partial charge in [-0.2, -0.15) is 0 Å². The van der Waals surface area contributed by atoms with E-state index in [4.69, 9.17) is 4.74 Å². The van der Waals surface area contributed by atoms with Crippen LogP contribution >= 0.6 is 0 Å². The summed E-state index contributed by atoms with van der Waals surface area (Å²) in [4.78, 5) is 0.